The van der Waals surface area contributed by atoms with Crippen molar-refractivity contribution in [3.8, 4) is 0 Å². The van der Waals surface area contributed by atoms with Crippen molar-refractivity contribution in [3.05, 3.63) is 23.5 Å². The van der Waals surface area contributed by atoms with E-state index in [-0.39, 0.29) is 5.91 Å². The van der Waals surface area contributed by atoms with Crippen LogP contribution in [0.25, 0.3) is 0 Å². The molecule has 0 saturated heterocycles. The van der Waals surface area contributed by atoms with E-state index in [2.05, 4.69) is 15.2 Å². The molecule has 0 aliphatic heterocycles. The van der Waals surface area contributed by atoms with Crippen molar-refractivity contribution < 1.29 is 4.79 Å². The van der Waals surface area contributed by atoms with Crippen LogP contribution in [-0.2, 0) is 0 Å². The largest absolute Gasteiger partial charge is 0.387 e. The van der Waals surface area contributed by atoms with Crippen LogP contribution in [0.4, 0.5) is 5.69 Å². The fourth-order valence-corrected chi connectivity index (χ4v) is 1.87. The van der Waals surface area contributed by atoms with E-state index in [1.165, 1.54) is 0 Å². The van der Waals surface area contributed by atoms with Crippen molar-refractivity contribution in [2.75, 3.05) is 46.6 Å². The molecule has 19 heavy (non-hydrogen) atoms. The molecule has 0 aliphatic rings. The zero-order valence-corrected chi connectivity index (χ0v) is 12.5. The summed E-state index contributed by atoms with van der Waals surface area (Å²) in [4.78, 5) is 20.4. The van der Waals surface area contributed by atoms with Crippen LogP contribution in [-0.4, -0.2) is 62.0 Å². The highest BCUT2D eigenvalue weighted by Crippen LogP contribution is 2.16. The van der Waals surface area contributed by atoms with Gasteiger partial charge in [-0.2, -0.15) is 0 Å². The Morgan fingerprint density at radius 1 is 1.32 bits per heavy atom. The van der Waals surface area contributed by atoms with Crippen LogP contribution in [0.2, 0.25) is 0 Å². The number of hydrogen-bond donors (Lipinski definition) is 1. The highest BCUT2D eigenvalue weighted by Gasteiger charge is 2.15. The summed E-state index contributed by atoms with van der Waals surface area (Å²) in [6.45, 7) is 3.63. The normalized spacial score (nSPS) is 10.6. The standard InChI is InChI=1S/C14H24N4O/c1-11-9-13(15-2)12(10-16-11)14(19)18(5)8-6-7-17(3)4/h9-10H,6-8H2,1-5H3,(H,15,16). The third-order valence-corrected chi connectivity index (χ3v) is 2.99. The van der Waals surface area contributed by atoms with E-state index in [0.29, 0.717) is 5.56 Å². The van der Waals surface area contributed by atoms with E-state index in [9.17, 15) is 4.79 Å². The van der Waals surface area contributed by atoms with E-state index < -0.39 is 0 Å². The summed E-state index contributed by atoms with van der Waals surface area (Å²) < 4.78 is 0. The van der Waals surface area contributed by atoms with Gasteiger partial charge in [0.15, 0.2) is 0 Å². The molecule has 1 aromatic heterocycles. The Balaban J connectivity index is 2.71. The highest BCUT2D eigenvalue weighted by atomic mass is 16.2. The van der Waals surface area contributed by atoms with Crippen LogP contribution in [0.5, 0.6) is 0 Å². The summed E-state index contributed by atoms with van der Waals surface area (Å²) in [6.07, 6.45) is 2.61. The maximum Gasteiger partial charge on any atom is 0.257 e. The molecule has 0 atom stereocenters. The molecular weight excluding hydrogens is 240 g/mol. The minimum atomic E-state index is 0.00982. The van der Waals surface area contributed by atoms with Crippen LogP contribution in [0.3, 0.4) is 0 Å². The smallest absolute Gasteiger partial charge is 0.257 e. The molecule has 0 unspecified atom stereocenters. The maximum absolute atomic E-state index is 12.3. The summed E-state index contributed by atoms with van der Waals surface area (Å²) >= 11 is 0. The van der Waals surface area contributed by atoms with Crippen LogP contribution in [0.15, 0.2) is 12.3 Å². The van der Waals surface area contributed by atoms with Gasteiger partial charge in [-0.15, -0.1) is 0 Å². The Hall–Kier alpha value is -1.62. The molecule has 1 aromatic rings. The van der Waals surface area contributed by atoms with Gasteiger partial charge in [0.05, 0.1) is 11.3 Å². The fourth-order valence-electron chi connectivity index (χ4n) is 1.87. The van der Waals surface area contributed by atoms with Crippen LogP contribution >= 0.6 is 0 Å². The lowest BCUT2D eigenvalue weighted by atomic mass is 10.2. The molecule has 106 valence electrons. The number of nitrogens with one attached hydrogen (secondary N) is 1. The van der Waals surface area contributed by atoms with Crippen molar-refractivity contribution in [2.24, 2.45) is 0 Å². The second-order valence-electron chi connectivity index (χ2n) is 5.00. The molecule has 1 N–H and O–H groups in total. The first-order chi connectivity index (χ1) is 8.95. The predicted molar refractivity (Wildman–Crippen MR) is 78.7 cm³/mol. The van der Waals surface area contributed by atoms with Crippen molar-refractivity contribution in [1.29, 1.82) is 0 Å². The lowest BCUT2D eigenvalue weighted by Gasteiger charge is -2.20. The van der Waals surface area contributed by atoms with Gasteiger partial charge in [-0.25, -0.2) is 0 Å². The number of anilines is 1. The molecule has 0 saturated carbocycles. The summed E-state index contributed by atoms with van der Waals surface area (Å²) in [7, 11) is 7.71. The summed E-state index contributed by atoms with van der Waals surface area (Å²) in [5, 5.41) is 3.05. The SMILES string of the molecule is CNc1cc(C)ncc1C(=O)N(C)CCCN(C)C. The molecule has 5 heteroatoms. The highest BCUT2D eigenvalue weighted by molar-refractivity contribution is 5.99. The van der Waals surface area contributed by atoms with Gasteiger partial charge < -0.3 is 15.1 Å². The van der Waals surface area contributed by atoms with Gasteiger partial charge in [0.25, 0.3) is 5.91 Å². The van der Waals surface area contributed by atoms with Crippen LogP contribution in [0.1, 0.15) is 22.5 Å². The Labute approximate surface area is 115 Å². The van der Waals surface area contributed by atoms with Crippen molar-refractivity contribution in [1.82, 2.24) is 14.8 Å². The molecule has 1 amide bonds. The van der Waals surface area contributed by atoms with E-state index in [0.717, 1.165) is 30.9 Å². The molecular formula is C14H24N4O. The number of aryl methyl sites for hydroxylation is 1. The van der Waals surface area contributed by atoms with Gasteiger partial charge in [0.2, 0.25) is 0 Å². The Bertz CT molecular complexity index is 431. The Morgan fingerprint density at radius 2 is 2.00 bits per heavy atom. The second-order valence-corrected chi connectivity index (χ2v) is 5.00. The first kappa shape index (κ1) is 15.4. The van der Waals surface area contributed by atoms with Gasteiger partial charge in [-0.3, -0.25) is 9.78 Å². The number of carbonyl (C=O) groups excluding carboxylic acids is 1. The molecule has 0 spiro atoms. The average molecular weight is 264 g/mol. The molecule has 0 aliphatic carbocycles. The number of carbonyl (C=O) groups is 1. The summed E-state index contributed by atoms with van der Waals surface area (Å²) in [5.41, 5.74) is 2.36. The number of aromatic nitrogens is 1. The summed E-state index contributed by atoms with van der Waals surface area (Å²) in [6, 6.07) is 1.89. The number of hydrogen-bond acceptors (Lipinski definition) is 4. The maximum atomic E-state index is 12.3. The molecule has 0 radical (unpaired) electrons. The summed E-state index contributed by atoms with van der Waals surface area (Å²) in [5.74, 6) is 0.00982. The van der Waals surface area contributed by atoms with Crippen molar-refractivity contribution in [3.63, 3.8) is 0 Å². The first-order valence-corrected chi connectivity index (χ1v) is 6.50. The third kappa shape index (κ3) is 4.52. The first-order valence-electron chi connectivity index (χ1n) is 6.50. The molecule has 1 heterocycles. The third-order valence-electron chi connectivity index (χ3n) is 2.99. The predicted octanol–water partition coefficient (Wildman–Crippen LogP) is 1.46. The lowest BCUT2D eigenvalue weighted by Crippen LogP contribution is -2.30. The minimum Gasteiger partial charge on any atom is -0.387 e. The van der Waals surface area contributed by atoms with Gasteiger partial charge in [-0.05, 0) is 40.1 Å². The van der Waals surface area contributed by atoms with Gasteiger partial charge in [0.1, 0.15) is 0 Å². The van der Waals surface area contributed by atoms with Crippen molar-refractivity contribution >= 4 is 11.6 Å². The molecule has 0 bridgehead atoms. The Morgan fingerprint density at radius 3 is 2.58 bits per heavy atom. The topological polar surface area (TPSA) is 48.5 Å². The van der Waals surface area contributed by atoms with E-state index >= 15 is 0 Å². The molecule has 0 fully saturated rings. The van der Waals surface area contributed by atoms with Gasteiger partial charge in [0, 0.05) is 32.5 Å². The minimum absolute atomic E-state index is 0.00982. The van der Waals surface area contributed by atoms with E-state index in [1.54, 1.807) is 11.1 Å². The Kier molecular flexibility index (Phi) is 5.76. The lowest BCUT2D eigenvalue weighted by molar-refractivity contribution is 0.0791. The molecule has 5 nitrogen and oxygen atoms in total. The van der Waals surface area contributed by atoms with Crippen molar-refractivity contribution in [2.45, 2.75) is 13.3 Å². The second kappa shape index (κ2) is 7.09. The number of pyridine rings is 1. The van der Waals surface area contributed by atoms with Gasteiger partial charge >= 0.3 is 0 Å². The zero-order chi connectivity index (χ0) is 14.4. The van der Waals surface area contributed by atoms with Crippen LogP contribution in [0, 0.1) is 6.92 Å². The zero-order valence-electron chi connectivity index (χ0n) is 12.5. The molecule has 1 rings (SSSR count). The number of nitrogens with zero attached hydrogens (tertiary/aromatic N) is 3. The van der Waals surface area contributed by atoms with E-state index in [1.807, 2.05) is 41.2 Å². The van der Waals surface area contributed by atoms with E-state index in [4.69, 9.17) is 0 Å². The quantitative estimate of drug-likeness (QED) is 0.845. The average Bonchev–Trinajstić information content (AvgIpc) is 2.37. The van der Waals surface area contributed by atoms with Crippen LogP contribution < -0.4 is 5.32 Å². The molecule has 0 aromatic carbocycles. The monoisotopic (exact) mass is 264 g/mol. The fraction of sp³-hybridized carbons (Fsp3) is 0.571. The number of rotatable bonds is 6. The number of amides is 1. The van der Waals surface area contributed by atoms with Gasteiger partial charge in [-0.1, -0.05) is 0 Å².